The average Bonchev–Trinajstić information content (AvgIpc) is 0.735. The molecule has 0 radical (unpaired) electrons. The van der Waals surface area contributed by atoms with Gasteiger partial charge in [0.05, 0.1) is 0 Å². The fourth-order valence-corrected chi connectivity index (χ4v) is 18.3. The van der Waals surface area contributed by atoms with Crippen molar-refractivity contribution in [2.45, 2.75) is 0 Å². The Morgan fingerprint density at radius 3 is 0.589 bits per heavy atom. The Labute approximate surface area is 723 Å². The molecule has 0 saturated carbocycles. The van der Waals surface area contributed by atoms with Crippen molar-refractivity contribution in [3.8, 4) is 66.8 Å². The van der Waals surface area contributed by atoms with E-state index in [4.69, 9.17) is 0 Å². The maximum atomic E-state index is 2.34. The molecule has 0 aliphatic carbocycles. The second-order valence-corrected chi connectivity index (χ2v) is 31.4. The molecule has 124 heavy (non-hydrogen) atoms. The standard InChI is InChI=1S/2C60H42N2/c1-4-19-47(20-5-1)61(48-21-6-2-7-22-48)51-39-41-52(42-40-51)62(49-23-8-3-9-24-49)50-37-35-46(36-38-50)60-57-28-14-12-26-55(57)59(56-27-13-15-29-58(56)60)45-33-31-44(32-34-45)54-30-16-18-43-17-10-11-25-53(43)54;1-4-18-49(19-5-1)61(50-20-6-2-7-21-50)53-38-40-54(41-39-53)62(51-22-8-3-9-23-51)52-36-34-46(35-37-52)60-57-26-14-12-24-55(57)59(56-25-13-15-27-58(56)60)45-31-28-44(29-32-45)48-33-30-43-16-10-11-17-47(43)42-48/h2*1-42H. The summed E-state index contributed by atoms with van der Waals surface area (Å²) in [7, 11) is 0. The number of nitrogens with zero attached hydrogens (tertiary/aromatic N) is 4. The van der Waals surface area contributed by atoms with E-state index in [1.54, 1.807) is 0 Å². The molecule has 0 amide bonds. The van der Waals surface area contributed by atoms with Gasteiger partial charge in [-0.05, 0) is 283 Å². The van der Waals surface area contributed by atoms with Gasteiger partial charge in [0.15, 0.2) is 0 Å². The van der Waals surface area contributed by atoms with Crippen LogP contribution in [0.5, 0.6) is 0 Å². The Morgan fingerprint density at radius 2 is 0.298 bits per heavy atom. The number of fused-ring (bicyclic) bond motifs is 6. The quantitative estimate of drug-likeness (QED) is 0.0794. The molecular formula is C120H84N4. The van der Waals surface area contributed by atoms with Crippen molar-refractivity contribution >= 4 is 133 Å². The molecule has 0 aliphatic rings. The van der Waals surface area contributed by atoms with Crippen LogP contribution in [-0.2, 0) is 0 Å². The lowest BCUT2D eigenvalue weighted by atomic mass is 9.85. The Morgan fingerprint density at radius 1 is 0.105 bits per heavy atom. The number of anilines is 12. The van der Waals surface area contributed by atoms with Crippen molar-refractivity contribution in [2.24, 2.45) is 0 Å². The van der Waals surface area contributed by atoms with Gasteiger partial charge in [0.1, 0.15) is 0 Å². The molecule has 0 heterocycles. The second-order valence-electron chi connectivity index (χ2n) is 31.4. The first-order chi connectivity index (χ1) is 61.5. The number of hydrogen-bond acceptors (Lipinski definition) is 4. The maximum Gasteiger partial charge on any atom is 0.0463 e. The fourth-order valence-electron chi connectivity index (χ4n) is 18.3. The van der Waals surface area contributed by atoms with Gasteiger partial charge in [-0.15, -0.1) is 0 Å². The number of para-hydroxylation sites is 6. The van der Waals surface area contributed by atoms with E-state index in [1.807, 2.05) is 0 Å². The second kappa shape index (κ2) is 33.8. The van der Waals surface area contributed by atoms with Gasteiger partial charge in [0.2, 0.25) is 0 Å². The monoisotopic (exact) mass is 1580 g/mol. The Kier molecular flexibility index (Phi) is 20.5. The van der Waals surface area contributed by atoms with E-state index in [-0.39, 0.29) is 0 Å². The van der Waals surface area contributed by atoms with E-state index in [9.17, 15) is 0 Å². The zero-order chi connectivity index (χ0) is 82.5. The van der Waals surface area contributed by atoms with Crippen LogP contribution in [0.3, 0.4) is 0 Å². The highest BCUT2D eigenvalue weighted by Gasteiger charge is 2.24. The molecule has 0 fully saturated rings. The van der Waals surface area contributed by atoms with Crippen LogP contribution in [0.15, 0.2) is 510 Å². The molecule has 22 rings (SSSR count). The van der Waals surface area contributed by atoms with Crippen LogP contribution in [-0.4, -0.2) is 0 Å². The average molecular weight is 1580 g/mol. The summed E-state index contributed by atoms with van der Waals surface area (Å²) in [6.45, 7) is 0. The summed E-state index contributed by atoms with van der Waals surface area (Å²) in [6.07, 6.45) is 0. The lowest BCUT2D eigenvalue weighted by molar-refractivity contribution is 1.26. The summed E-state index contributed by atoms with van der Waals surface area (Å²) in [5.41, 5.74) is 27.9. The van der Waals surface area contributed by atoms with E-state index >= 15 is 0 Å². The van der Waals surface area contributed by atoms with Gasteiger partial charge in [-0.3, -0.25) is 0 Å². The SMILES string of the molecule is c1ccc(N(c2ccccc2)c2ccc(N(c3ccccc3)c3ccc(-c4c5ccccc5c(-c5ccc(-c6ccc7ccccc7c6)cc5)c5ccccc45)cc3)cc2)cc1.c1ccc(N(c2ccccc2)c2ccc(N(c3ccccc3)c3ccc(-c4c5ccccc5c(-c5ccc(-c6cccc7ccccc67)cc5)c5ccccc45)cc3)cc2)cc1. The summed E-state index contributed by atoms with van der Waals surface area (Å²) in [4.78, 5) is 9.27. The van der Waals surface area contributed by atoms with Gasteiger partial charge < -0.3 is 19.6 Å². The molecule has 584 valence electrons. The van der Waals surface area contributed by atoms with Crippen molar-refractivity contribution in [1.29, 1.82) is 0 Å². The van der Waals surface area contributed by atoms with E-state index in [2.05, 4.69) is 529 Å². The van der Waals surface area contributed by atoms with Gasteiger partial charge >= 0.3 is 0 Å². The first-order valence-corrected chi connectivity index (χ1v) is 42.5. The largest absolute Gasteiger partial charge is 0.311 e. The molecule has 0 spiro atoms. The molecule has 0 atom stereocenters. The molecule has 0 N–H and O–H groups in total. The molecule has 22 aromatic rings. The fraction of sp³-hybridized carbons (Fsp3) is 0. The van der Waals surface area contributed by atoms with Crippen LogP contribution in [0, 0.1) is 0 Å². The number of hydrogen-bond donors (Lipinski definition) is 0. The molecule has 4 heteroatoms. The molecule has 0 unspecified atom stereocenters. The summed E-state index contributed by atoms with van der Waals surface area (Å²) in [5.74, 6) is 0. The summed E-state index contributed by atoms with van der Waals surface area (Å²) in [6, 6.07) is 184. The molecule has 22 aromatic carbocycles. The predicted octanol–water partition coefficient (Wildman–Crippen LogP) is 34.2. The first kappa shape index (κ1) is 75.1. The summed E-state index contributed by atoms with van der Waals surface area (Å²) < 4.78 is 0. The van der Waals surface area contributed by atoms with Crippen molar-refractivity contribution in [3.05, 3.63) is 510 Å². The van der Waals surface area contributed by atoms with Gasteiger partial charge in [-0.25, -0.2) is 0 Å². The van der Waals surface area contributed by atoms with Crippen molar-refractivity contribution < 1.29 is 0 Å². The molecule has 0 aliphatic heterocycles. The minimum Gasteiger partial charge on any atom is -0.311 e. The summed E-state index contributed by atoms with van der Waals surface area (Å²) >= 11 is 0. The lowest BCUT2D eigenvalue weighted by Gasteiger charge is -2.28. The predicted molar refractivity (Wildman–Crippen MR) is 529 cm³/mol. The maximum absolute atomic E-state index is 2.34. The van der Waals surface area contributed by atoms with Crippen LogP contribution in [0.25, 0.3) is 131 Å². The van der Waals surface area contributed by atoms with Crippen molar-refractivity contribution in [3.63, 3.8) is 0 Å². The third-order valence-corrected chi connectivity index (χ3v) is 24.0. The van der Waals surface area contributed by atoms with Gasteiger partial charge in [-0.2, -0.15) is 0 Å². The zero-order valence-corrected chi connectivity index (χ0v) is 68.3. The Bertz CT molecular complexity index is 7320. The van der Waals surface area contributed by atoms with Crippen LogP contribution < -0.4 is 19.6 Å². The highest BCUT2D eigenvalue weighted by Crippen LogP contribution is 2.50. The number of rotatable bonds is 18. The molecular weight excluding hydrogens is 1500 g/mol. The van der Waals surface area contributed by atoms with Gasteiger partial charge in [-0.1, -0.05) is 358 Å². The van der Waals surface area contributed by atoms with E-state index in [1.165, 1.54) is 131 Å². The minimum absolute atomic E-state index is 1.08. The topological polar surface area (TPSA) is 13.0 Å². The highest BCUT2D eigenvalue weighted by molar-refractivity contribution is 6.23. The minimum atomic E-state index is 1.08. The van der Waals surface area contributed by atoms with Crippen molar-refractivity contribution in [2.75, 3.05) is 19.6 Å². The van der Waals surface area contributed by atoms with Crippen LogP contribution >= 0.6 is 0 Å². The van der Waals surface area contributed by atoms with E-state index < -0.39 is 0 Å². The van der Waals surface area contributed by atoms with Crippen molar-refractivity contribution in [1.82, 2.24) is 0 Å². The Hall–Kier alpha value is -16.4. The molecule has 0 aromatic heterocycles. The Balaban J connectivity index is 0.000000152. The lowest BCUT2D eigenvalue weighted by Crippen LogP contribution is -2.12. The van der Waals surface area contributed by atoms with Gasteiger partial charge in [0.25, 0.3) is 0 Å². The highest BCUT2D eigenvalue weighted by atomic mass is 15.2. The van der Waals surface area contributed by atoms with Crippen LogP contribution in [0.2, 0.25) is 0 Å². The van der Waals surface area contributed by atoms with Crippen LogP contribution in [0.1, 0.15) is 0 Å². The normalized spacial score (nSPS) is 11.2. The van der Waals surface area contributed by atoms with Crippen LogP contribution in [0.4, 0.5) is 68.2 Å². The third-order valence-electron chi connectivity index (χ3n) is 24.0. The zero-order valence-electron chi connectivity index (χ0n) is 68.3. The molecule has 0 bridgehead atoms. The third kappa shape index (κ3) is 14.7. The molecule has 0 saturated heterocycles. The number of benzene rings is 22. The van der Waals surface area contributed by atoms with Gasteiger partial charge in [0, 0.05) is 68.2 Å². The molecule has 4 nitrogen and oxygen atoms in total. The van der Waals surface area contributed by atoms with E-state index in [0.717, 1.165) is 68.2 Å². The summed E-state index contributed by atoms with van der Waals surface area (Å²) in [5, 5.41) is 15.0. The van der Waals surface area contributed by atoms with E-state index in [0.29, 0.717) is 0 Å². The smallest absolute Gasteiger partial charge is 0.0463 e. The first-order valence-electron chi connectivity index (χ1n) is 42.5.